The number of carbonyl (C=O) groups is 4. The number of hydrogen-bond acceptors (Lipinski definition) is 7. The second-order valence-electron chi connectivity index (χ2n) is 6.95. The van der Waals surface area contributed by atoms with E-state index in [-0.39, 0.29) is 75.1 Å². The average molecular weight is 426 g/mol. The van der Waals surface area contributed by atoms with E-state index in [0.717, 1.165) is 4.90 Å². The fraction of sp³-hybridized carbons (Fsp3) is 0.778. The van der Waals surface area contributed by atoms with Gasteiger partial charge in [0.2, 0.25) is 23.6 Å². The van der Waals surface area contributed by atoms with E-state index in [2.05, 4.69) is 20.7 Å². The molecule has 0 bridgehead atoms. The Morgan fingerprint density at radius 1 is 1.13 bits per heavy atom. The first kappa shape index (κ1) is 25.3. The van der Waals surface area contributed by atoms with E-state index in [1.54, 1.807) is 0 Å². The second kappa shape index (κ2) is 14.3. The molecule has 1 rings (SSSR count). The van der Waals surface area contributed by atoms with Crippen molar-refractivity contribution in [1.82, 2.24) is 15.5 Å². The van der Waals surface area contributed by atoms with E-state index in [4.69, 9.17) is 15.0 Å². The van der Waals surface area contributed by atoms with Crippen molar-refractivity contribution < 1.29 is 28.7 Å². The Kier molecular flexibility index (Phi) is 12.1. The number of likely N-dealkylation sites (tertiary alicyclic amines) is 1. The summed E-state index contributed by atoms with van der Waals surface area (Å²) < 4.78 is 10.5. The first-order chi connectivity index (χ1) is 14.4. The van der Waals surface area contributed by atoms with Gasteiger partial charge in [-0.1, -0.05) is 19.0 Å². The summed E-state index contributed by atoms with van der Waals surface area (Å²) in [5.74, 6) is -1.30. The molecule has 2 N–H and O–H groups in total. The van der Waals surface area contributed by atoms with Crippen LogP contribution in [0, 0.1) is 5.92 Å². The van der Waals surface area contributed by atoms with Gasteiger partial charge in [-0.2, -0.15) is 0 Å². The van der Waals surface area contributed by atoms with Gasteiger partial charge in [0.05, 0.1) is 26.4 Å². The summed E-state index contributed by atoms with van der Waals surface area (Å²) in [6.07, 6.45) is 0.509. The molecule has 4 amide bonds. The molecular weight excluding hydrogens is 396 g/mol. The largest absolute Gasteiger partial charge is 0.379 e. The molecule has 0 saturated carbocycles. The highest BCUT2D eigenvalue weighted by Crippen LogP contribution is 2.10. The number of nitrogens with one attached hydrogen (secondary N) is 2. The molecule has 30 heavy (non-hydrogen) atoms. The van der Waals surface area contributed by atoms with E-state index in [0.29, 0.717) is 19.8 Å². The van der Waals surface area contributed by atoms with Gasteiger partial charge in [-0.15, -0.1) is 0 Å². The predicted molar refractivity (Wildman–Crippen MR) is 106 cm³/mol. The highest BCUT2D eigenvalue weighted by atomic mass is 16.5. The summed E-state index contributed by atoms with van der Waals surface area (Å²) in [4.78, 5) is 51.4. The molecule has 0 aromatic heterocycles. The lowest BCUT2D eigenvalue weighted by Gasteiger charge is -2.22. The molecule has 0 radical (unpaired) electrons. The van der Waals surface area contributed by atoms with Gasteiger partial charge >= 0.3 is 0 Å². The van der Waals surface area contributed by atoms with E-state index >= 15 is 0 Å². The van der Waals surface area contributed by atoms with Crippen LogP contribution in [0.3, 0.4) is 0 Å². The van der Waals surface area contributed by atoms with Crippen LogP contribution in [0.15, 0.2) is 5.11 Å². The van der Waals surface area contributed by atoms with E-state index in [1.165, 1.54) is 0 Å². The molecule has 12 nitrogen and oxygen atoms in total. The summed E-state index contributed by atoms with van der Waals surface area (Å²) in [5.41, 5.74) is 8.12. The van der Waals surface area contributed by atoms with Crippen LogP contribution in [0.4, 0.5) is 0 Å². The Morgan fingerprint density at radius 3 is 2.37 bits per heavy atom. The van der Waals surface area contributed by atoms with Gasteiger partial charge < -0.3 is 20.1 Å². The third-order valence-electron chi connectivity index (χ3n) is 4.30. The summed E-state index contributed by atoms with van der Waals surface area (Å²) in [7, 11) is 0. The molecule has 1 saturated heterocycles. The number of carbonyl (C=O) groups excluding carboxylic acids is 4. The molecular formula is C18H30N6O6. The quantitative estimate of drug-likeness (QED) is 0.124. The van der Waals surface area contributed by atoms with Crippen molar-refractivity contribution in [2.75, 3.05) is 46.1 Å². The Hall–Kier alpha value is -2.69. The molecule has 0 aliphatic carbocycles. The lowest BCUT2D eigenvalue weighted by atomic mass is 10.0. The third-order valence-corrected chi connectivity index (χ3v) is 4.30. The van der Waals surface area contributed by atoms with Gasteiger partial charge in [-0.05, 0) is 11.4 Å². The highest BCUT2D eigenvalue weighted by molar-refractivity contribution is 6.02. The SMILES string of the molecule is CC(C)[C@H](NC(=O)CCOCCOCCN=[N+]=[N-])C(=O)NCCN1C(=O)CCC1=O. The molecule has 0 unspecified atom stereocenters. The number of hydrogen-bond donors (Lipinski definition) is 2. The predicted octanol–water partition coefficient (Wildman–Crippen LogP) is 0.126. The van der Waals surface area contributed by atoms with E-state index < -0.39 is 6.04 Å². The van der Waals surface area contributed by atoms with Crippen molar-refractivity contribution in [3.63, 3.8) is 0 Å². The van der Waals surface area contributed by atoms with Crippen molar-refractivity contribution in [3.8, 4) is 0 Å². The van der Waals surface area contributed by atoms with Gasteiger partial charge in [-0.3, -0.25) is 24.1 Å². The molecule has 1 aliphatic rings. The van der Waals surface area contributed by atoms with Crippen LogP contribution in [0.1, 0.15) is 33.1 Å². The van der Waals surface area contributed by atoms with Crippen molar-refractivity contribution in [1.29, 1.82) is 0 Å². The third kappa shape index (κ3) is 9.68. The van der Waals surface area contributed by atoms with Gasteiger partial charge in [0.25, 0.3) is 0 Å². The lowest BCUT2D eigenvalue weighted by molar-refractivity contribution is -0.138. The van der Waals surface area contributed by atoms with Gasteiger partial charge in [0, 0.05) is 43.8 Å². The standard InChI is InChI=1S/C18H30N6O6/c1-13(2)17(18(28)20-6-8-24-15(26)3-4-16(24)27)22-14(25)5-9-29-11-12-30-10-7-21-23-19/h13,17H,3-12H2,1-2H3,(H,20,28)(H,22,25)/t17-/m0/s1. The summed E-state index contributed by atoms with van der Waals surface area (Å²) in [5, 5.41) is 8.67. The van der Waals surface area contributed by atoms with Gasteiger partial charge in [-0.25, -0.2) is 0 Å². The van der Waals surface area contributed by atoms with Crippen LogP contribution in [0.2, 0.25) is 0 Å². The number of ether oxygens (including phenoxy) is 2. The van der Waals surface area contributed by atoms with Crippen LogP contribution in [0.25, 0.3) is 10.4 Å². The van der Waals surface area contributed by atoms with Crippen LogP contribution in [-0.4, -0.2) is 80.6 Å². The summed E-state index contributed by atoms with van der Waals surface area (Å²) >= 11 is 0. The summed E-state index contributed by atoms with van der Waals surface area (Å²) in [6.45, 7) is 5.23. The zero-order chi connectivity index (χ0) is 22.4. The Labute approximate surface area is 175 Å². The molecule has 0 aromatic rings. The lowest BCUT2D eigenvalue weighted by Crippen LogP contribution is -2.51. The molecule has 168 valence electrons. The van der Waals surface area contributed by atoms with Crippen molar-refractivity contribution in [2.24, 2.45) is 11.0 Å². The van der Waals surface area contributed by atoms with Crippen molar-refractivity contribution >= 4 is 23.6 Å². The Morgan fingerprint density at radius 2 is 1.77 bits per heavy atom. The number of rotatable bonds is 15. The molecule has 0 aromatic carbocycles. The van der Waals surface area contributed by atoms with Crippen LogP contribution in [-0.2, 0) is 28.7 Å². The maximum atomic E-state index is 12.4. The zero-order valence-corrected chi connectivity index (χ0v) is 17.5. The van der Waals surface area contributed by atoms with Crippen LogP contribution in [0.5, 0.6) is 0 Å². The number of azide groups is 1. The fourth-order valence-electron chi connectivity index (χ4n) is 2.69. The van der Waals surface area contributed by atoms with Gasteiger partial charge in [0.1, 0.15) is 6.04 Å². The zero-order valence-electron chi connectivity index (χ0n) is 17.5. The molecule has 0 spiro atoms. The van der Waals surface area contributed by atoms with Crippen molar-refractivity contribution in [3.05, 3.63) is 10.4 Å². The first-order valence-electron chi connectivity index (χ1n) is 9.93. The summed E-state index contributed by atoms with van der Waals surface area (Å²) in [6, 6.07) is -0.730. The maximum absolute atomic E-state index is 12.4. The molecule has 12 heteroatoms. The average Bonchev–Trinajstić information content (AvgIpc) is 3.02. The van der Waals surface area contributed by atoms with Gasteiger partial charge in [0.15, 0.2) is 0 Å². The smallest absolute Gasteiger partial charge is 0.242 e. The fourth-order valence-corrected chi connectivity index (χ4v) is 2.69. The number of nitrogens with zero attached hydrogens (tertiary/aromatic N) is 4. The van der Waals surface area contributed by atoms with E-state index in [1.807, 2.05) is 13.8 Å². The number of amides is 4. The number of imide groups is 1. The van der Waals surface area contributed by atoms with Crippen LogP contribution >= 0.6 is 0 Å². The second-order valence-corrected chi connectivity index (χ2v) is 6.95. The maximum Gasteiger partial charge on any atom is 0.242 e. The molecule has 1 atom stereocenters. The van der Waals surface area contributed by atoms with Crippen molar-refractivity contribution in [2.45, 2.75) is 39.2 Å². The molecule has 1 aliphatic heterocycles. The Bertz CT molecular complexity index is 633. The molecule has 1 heterocycles. The monoisotopic (exact) mass is 426 g/mol. The van der Waals surface area contributed by atoms with Crippen LogP contribution < -0.4 is 10.6 Å². The molecule has 1 fully saturated rings. The Balaban J connectivity index is 2.23. The minimum atomic E-state index is -0.730. The minimum Gasteiger partial charge on any atom is -0.379 e. The van der Waals surface area contributed by atoms with E-state index in [9.17, 15) is 19.2 Å². The topological polar surface area (TPSA) is 163 Å². The highest BCUT2D eigenvalue weighted by Gasteiger charge is 2.29. The normalized spacial score (nSPS) is 14.6. The first-order valence-corrected chi connectivity index (χ1v) is 9.93. The minimum absolute atomic E-state index is 0.0893.